The van der Waals surface area contributed by atoms with Gasteiger partial charge >= 0.3 is 12.0 Å². The van der Waals surface area contributed by atoms with E-state index in [1.165, 1.54) is 6.20 Å². The third kappa shape index (κ3) is 8.61. The molecule has 0 aliphatic carbocycles. The van der Waals surface area contributed by atoms with E-state index in [4.69, 9.17) is 5.11 Å². The maximum Gasteiger partial charge on any atom is 0.326 e. The van der Waals surface area contributed by atoms with Crippen LogP contribution in [0.5, 0.6) is 0 Å². The molecule has 0 rings (SSSR count). The Balaban J connectivity index is 4.27. The first kappa shape index (κ1) is 16.5. The van der Waals surface area contributed by atoms with Gasteiger partial charge in [-0.15, -0.1) is 0 Å². The Morgan fingerprint density at radius 3 is 2.22 bits per heavy atom. The van der Waals surface area contributed by atoms with Gasteiger partial charge in [0.25, 0.3) is 0 Å². The fraction of sp³-hybridized carbons (Fsp3) is 0.692. The third-order valence-corrected chi connectivity index (χ3v) is 2.11. The summed E-state index contributed by atoms with van der Waals surface area (Å²) in [4.78, 5) is 22.4. The molecule has 0 heterocycles. The number of carboxylic acid groups (broad SMARTS) is 1. The van der Waals surface area contributed by atoms with Crippen LogP contribution in [0.25, 0.3) is 0 Å². The molecule has 0 saturated carbocycles. The van der Waals surface area contributed by atoms with Gasteiger partial charge in [0.05, 0.1) is 0 Å². The monoisotopic (exact) mass is 256 g/mol. The second-order valence-electron chi connectivity index (χ2n) is 5.84. The van der Waals surface area contributed by atoms with E-state index in [0.29, 0.717) is 6.42 Å². The van der Waals surface area contributed by atoms with Gasteiger partial charge in [-0.25, -0.2) is 9.59 Å². The molecule has 3 N–H and O–H groups in total. The van der Waals surface area contributed by atoms with Crippen LogP contribution in [-0.2, 0) is 4.79 Å². The fourth-order valence-electron chi connectivity index (χ4n) is 1.26. The molecule has 0 aromatic carbocycles. The first-order valence-electron chi connectivity index (χ1n) is 6.09. The van der Waals surface area contributed by atoms with E-state index < -0.39 is 18.0 Å². The molecule has 1 atom stereocenters. The van der Waals surface area contributed by atoms with Crippen LogP contribution in [0.1, 0.15) is 41.0 Å². The van der Waals surface area contributed by atoms with Gasteiger partial charge in [-0.05, 0) is 17.8 Å². The molecule has 0 aliphatic rings. The number of urea groups is 1. The number of allylic oxidation sites excluding steroid dienone is 1. The number of carbonyl (C=O) groups is 2. The molecule has 0 radical (unpaired) electrons. The molecule has 0 aliphatic heterocycles. The molecule has 1 unspecified atom stereocenters. The summed E-state index contributed by atoms with van der Waals surface area (Å²) in [5.74, 6) is -0.810. The highest BCUT2D eigenvalue weighted by molar-refractivity contribution is 5.82. The zero-order chi connectivity index (χ0) is 14.3. The number of hydrogen-bond acceptors (Lipinski definition) is 2. The molecule has 5 nitrogen and oxygen atoms in total. The van der Waals surface area contributed by atoms with Gasteiger partial charge in [-0.3, -0.25) is 0 Å². The van der Waals surface area contributed by atoms with Crippen LogP contribution in [0, 0.1) is 11.3 Å². The van der Waals surface area contributed by atoms with Crippen LogP contribution in [0.3, 0.4) is 0 Å². The van der Waals surface area contributed by atoms with E-state index in [2.05, 4.69) is 10.6 Å². The lowest BCUT2D eigenvalue weighted by Crippen LogP contribution is -2.45. The van der Waals surface area contributed by atoms with Crippen molar-refractivity contribution in [1.29, 1.82) is 0 Å². The Hall–Kier alpha value is -1.52. The SMILES string of the molecule is CC(C)CC(NC(=O)N/C=C/C(C)(C)C)C(=O)O. The summed E-state index contributed by atoms with van der Waals surface area (Å²) in [5, 5.41) is 13.9. The second-order valence-corrected chi connectivity index (χ2v) is 5.84. The van der Waals surface area contributed by atoms with Gasteiger partial charge in [-0.1, -0.05) is 40.7 Å². The summed E-state index contributed by atoms with van der Waals surface area (Å²) in [6, 6.07) is -1.35. The number of carbonyl (C=O) groups excluding carboxylic acids is 1. The number of aliphatic carboxylic acids is 1. The fourth-order valence-corrected chi connectivity index (χ4v) is 1.26. The topological polar surface area (TPSA) is 78.4 Å². The van der Waals surface area contributed by atoms with Crippen molar-refractivity contribution in [2.45, 2.75) is 47.1 Å². The first-order valence-corrected chi connectivity index (χ1v) is 6.09. The van der Waals surface area contributed by atoms with Crippen LogP contribution >= 0.6 is 0 Å². The Bertz CT molecular complexity index is 317. The average molecular weight is 256 g/mol. The molecule has 5 heteroatoms. The maximum absolute atomic E-state index is 11.5. The van der Waals surface area contributed by atoms with Gasteiger partial charge < -0.3 is 15.7 Å². The van der Waals surface area contributed by atoms with E-state index in [9.17, 15) is 9.59 Å². The van der Waals surface area contributed by atoms with Crippen molar-refractivity contribution in [2.75, 3.05) is 0 Å². The van der Waals surface area contributed by atoms with Gasteiger partial charge in [0.15, 0.2) is 0 Å². The minimum absolute atomic E-state index is 0.0303. The predicted molar refractivity (Wildman–Crippen MR) is 71.1 cm³/mol. The maximum atomic E-state index is 11.5. The zero-order valence-electron chi connectivity index (χ0n) is 11.8. The van der Waals surface area contributed by atoms with Crippen molar-refractivity contribution in [3.63, 3.8) is 0 Å². The summed E-state index contributed by atoms with van der Waals surface area (Å²) >= 11 is 0. The normalized spacial score (nSPS) is 13.7. The number of rotatable bonds is 5. The largest absolute Gasteiger partial charge is 0.480 e. The van der Waals surface area contributed by atoms with Crippen molar-refractivity contribution in [1.82, 2.24) is 10.6 Å². The quantitative estimate of drug-likeness (QED) is 0.706. The molecule has 0 saturated heterocycles. The smallest absolute Gasteiger partial charge is 0.326 e. The van der Waals surface area contributed by atoms with Gasteiger partial charge in [0, 0.05) is 6.20 Å². The molecule has 0 aromatic rings. The molecule has 0 spiro atoms. The van der Waals surface area contributed by atoms with E-state index in [1.54, 1.807) is 0 Å². The second kappa shape index (κ2) is 7.03. The molecule has 18 heavy (non-hydrogen) atoms. The Labute approximate surface area is 109 Å². The lowest BCUT2D eigenvalue weighted by Gasteiger charge is -2.16. The van der Waals surface area contributed by atoms with Crippen LogP contribution < -0.4 is 10.6 Å². The van der Waals surface area contributed by atoms with Crippen molar-refractivity contribution in [3.8, 4) is 0 Å². The lowest BCUT2D eigenvalue weighted by atomic mass is 9.97. The molecular formula is C13H24N2O3. The molecule has 0 fully saturated rings. The van der Waals surface area contributed by atoms with E-state index in [0.717, 1.165) is 0 Å². The molecule has 0 bridgehead atoms. The Morgan fingerprint density at radius 1 is 1.28 bits per heavy atom. The highest BCUT2D eigenvalue weighted by Crippen LogP contribution is 2.13. The summed E-state index contributed by atoms with van der Waals surface area (Å²) in [6.45, 7) is 9.83. The van der Waals surface area contributed by atoms with Crippen LogP contribution in [0.2, 0.25) is 0 Å². The van der Waals surface area contributed by atoms with E-state index >= 15 is 0 Å². The van der Waals surface area contributed by atoms with Gasteiger partial charge in [0.2, 0.25) is 0 Å². The van der Waals surface area contributed by atoms with Crippen LogP contribution in [-0.4, -0.2) is 23.1 Å². The minimum Gasteiger partial charge on any atom is -0.480 e. The molecular weight excluding hydrogens is 232 g/mol. The van der Waals surface area contributed by atoms with Crippen molar-refractivity contribution in [2.24, 2.45) is 11.3 Å². The number of nitrogens with one attached hydrogen (secondary N) is 2. The van der Waals surface area contributed by atoms with Crippen LogP contribution in [0.4, 0.5) is 4.79 Å². The Morgan fingerprint density at radius 2 is 1.83 bits per heavy atom. The van der Waals surface area contributed by atoms with Gasteiger partial charge in [-0.2, -0.15) is 0 Å². The van der Waals surface area contributed by atoms with E-state index in [-0.39, 0.29) is 11.3 Å². The number of hydrogen-bond donors (Lipinski definition) is 3. The standard InChI is InChI=1S/C13H24N2O3/c1-9(2)8-10(11(16)17)15-12(18)14-7-6-13(3,4)5/h6-7,9-10H,8H2,1-5H3,(H,16,17)(H2,14,15,18)/b7-6+. The number of amides is 2. The molecule has 2 amide bonds. The Kier molecular flexibility index (Phi) is 6.44. The average Bonchev–Trinajstić information content (AvgIpc) is 2.13. The summed E-state index contributed by atoms with van der Waals surface area (Å²) in [7, 11) is 0. The molecule has 104 valence electrons. The van der Waals surface area contributed by atoms with Gasteiger partial charge in [0.1, 0.15) is 6.04 Å². The van der Waals surface area contributed by atoms with Crippen LogP contribution in [0.15, 0.2) is 12.3 Å². The lowest BCUT2D eigenvalue weighted by molar-refractivity contribution is -0.139. The van der Waals surface area contributed by atoms with E-state index in [1.807, 2.05) is 40.7 Å². The minimum atomic E-state index is -1.02. The summed E-state index contributed by atoms with van der Waals surface area (Å²) in [6.07, 6.45) is 3.78. The first-order chi connectivity index (χ1) is 8.11. The summed E-state index contributed by atoms with van der Waals surface area (Å²) in [5.41, 5.74) is -0.0303. The summed E-state index contributed by atoms with van der Waals surface area (Å²) < 4.78 is 0. The third-order valence-electron chi connectivity index (χ3n) is 2.11. The zero-order valence-corrected chi connectivity index (χ0v) is 11.8. The van der Waals surface area contributed by atoms with Crippen molar-refractivity contribution in [3.05, 3.63) is 12.3 Å². The predicted octanol–water partition coefficient (Wildman–Crippen LogP) is 2.34. The molecule has 0 aromatic heterocycles. The van der Waals surface area contributed by atoms with Crippen molar-refractivity contribution >= 4 is 12.0 Å². The highest BCUT2D eigenvalue weighted by Gasteiger charge is 2.20. The number of carboxylic acids is 1. The van der Waals surface area contributed by atoms with Crippen molar-refractivity contribution < 1.29 is 14.7 Å². The highest BCUT2D eigenvalue weighted by atomic mass is 16.4.